The lowest BCUT2D eigenvalue weighted by Crippen LogP contribution is -2.28. The maximum atomic E-state index is 11.5. The highest BCUT2D eigenvalue weighted by Gasteiger charge is 2.05. The third-order valence-corrected chi connectivity index (χ3v) is 2.85. The standard InChI is InChI=1S/C15H31NO4/c1-5-14(4)12-15(17)16-6-7-18-8-9-19-10-11-20-13(2)3/h13-14H,5-12H2,1-4H3,(H,16,17). The summed E-state index contributed by atoms with van der Waals surface area (Å²) in [6, 6.07) is 0. The van der Waals surface area contributed by atoms with Gasteiger partial charge in [0.1, 0.15) is 0 Å². The van der Waals surface area contributed by atoms with Crippen LogP contribution < -0.4 is 5.32 Å². The molecule has 20 heavy (non-hydrogen) atoms. The van der Waals surface area contributed by atoms with Crippen LogP contribution in [0.3, 0.4) is 0 Å². The van der Waals surface area contributed by atoms with Crippen molar-refractivity contribution in [1.29, 1.82) is 0 Å². The zero-order chi connectivity index (χ0) is 15.2. The molecular weight excluding hydrogens is 258 g/mol. The van der Waals surface area contributed by atoms with Crippen molar-refractivity contribution in [3.8, 4) is 0 Å². The highest BCUT2D eigenvalue weighted by molar-refractivity contribution is 5.76. The van der Waals surface area contributed by atoms with E-state index >= 15 is 0 Å². The summed E-state index contributed by atoms with van der Waals surface area (Å²) in [5.74, 6) is 0.544. The number of carbonyl (C=O) groups excluding carboxylic acids is 1. The van der Waals surface area contributed by atoms with E-state index in [0.29, 0.717) is 51.9 Å². The quantitative estimate of drug-likeness (QED) is 0.527. The summed E-state index contributed by atoms with van der Waals surface area (Å²) in [7, 11) is 0. The van der Waals surface area contributed by atoms with Gasteiger partial charge in [0.15, 0.2) is 0 Å². The van der Waals surface area contributed by atoms with E-state index in [0.717, 1.165) is 6.42 Å². The van der Waals surface area contributed by atoms with Crippen molar-refractivity contribution >= 4 is 5.91 Å². The van der Waals surface area contributed by atoms with Crippen molar-refractivity contribution in [2.75, 3.05) is 39.6 Å². The Balaban J connectivity index is 3.18. The monoisotopic (exact) mass is 289 g/mol. The van der Waals surface area contributed by atoms with Gasteiger partial charge in [-0.25, -0.2) is 0 Å². The first kappa shape index (κ1) is 19.4. The molecule has 0 bridgehead atoms. The van der Waals surface area contributed by atoms with E-state index in [2.05, 4.69) is 19.2 Å². The molecule has 0 fully saturated rings. The molecule has 0 aliphatic heterocycles. The average molecular weight is 289 g/mol. The van der Waals surface area contributed by atoms with Crippen molar-refractivity contribution < 1.29 is 19.0 Å². The molecule has 1 amide bonds. The molecule has 5 heteroatoms. The third-order valence-electron chi connectivity index (χ3n) is 2.85. The number of hydrogen-bond donors (Lipinski definition) is 1. The highest BCUT2D eigenvalue weighted by Crippen LogP contribution is 2.05. The smallest absolute Gasteiger partial charge is 0.220 e. The van der Waals surface area contributed by atoms with Gasteiger partial charge < -0.3 is 19.5 Å². The first-order chi connectivity index (χ1) is 9.56. The summed E-state index contributed by atoms with van der Waals surface area (Å²) in [5, 5.41) is 2.85. The molecule has 0 aromatic heterocycles. The first-order valence-electron chi connectivity index (χ1n) is 7.60. The molecule has 1 atom stereocenters. The second-order valence-corrected chi connectivity index (χ2v) is 5.21. The van der Waals surface area contributed by atoms with Crippen LogP contribution in [0.1, 0.15) is 40.5 Å². The molecule has 1 N–H and O–H groups in total. The highest BCUT2D eigenvalue weighted by atomic mass is 16.5. The van der Waals surface area contributed by atoms with Crippen LogP contribution in [0.15, 0.2) is 0 Å². The second-order valence-electron chi connectivity index (χ2n) is 5.21. The number of nitrogens with one attached hydrogen (secondary N) is 1. The van der Waals surface area contributed by atoms with Gasteiger partial charge in [-0.05, 0) is 19.8 Å². The number of hydrogen-bond acceptors (Lipinski definition) is 4. The van der Waals surface area contributed by atoms with E-state index in [9.17, 15) is 4.79 Å². The maximum absolute atomic E-state index is 11.5. The van der Waals surface area contributed by atoms with Crippen LogP contribution in [0, 0.1) is 5.92 Å². The lowest BCUT2D eigenvalue weighted by molar-refractivity contribution is -0.122. The average Bonchev–Trinajstić information content (AvgIpc) is 2.40. The number of rotatable bonds is 13. The molecule has 0 aliphatic carbocycles. The van der Waals surface area contributed by atoms with Crippen LogP contribution in [0.25, 0.3) is 0 Å². The second kappa shape index (κ2) is 13.3. The van der Waals surface area contributed by atoms with E-state index in [1.165, 1.54) is 0 Å². The van der Waals surface area contributed by atoms with Gasteiger partial charge >= 0.3 is 0 Å². The van der Waals surface area contributed by atoms with Gasteiger partial charge in [0.2, 0.25) is 5.91 Å². The predicted octanol–water partition coefficient (Wildman–Crippen LogP) is 2.00. The van der Waals surface area contributed by atoms with E-state index < -0.39 is 0 Å². The number of carbonyl (C=O) groups is 1. The van der Waals surface area contributed by atoms with Gasteiger partial charge in [-0.2, -0.15) is 0 Å². The van der Waals surface area contributed by atoms with E-state index in [1.54, 1.807) is 0 Å². The largest absolute Gasteiger partial charge is 0.377 e. The number of amides is 1. The minimum absolute atomic E-state index is 0.102. The Morgan fingerprint density at radius 3 is 2.20 bits per heavy atom. The Morgan fingerprint density at radius 1 is 1.00 bits per heavy atom. The predicted molar refractivity (Wildman–Crippen MR) is 79.8 cm³/mol. The van der Waals surface area contributed by atoms with Crippen molar-refractivity contribution in [1.82, 2.24) is 5.32 Å². The van der Waals surface area contributed by atoms with Gasteiger partial charge in [-0.1, -0.05) is 20.3 Å². The van der Waals surface area contributed by atoms with Crippen LogP contribution in [0.4, 0.5) is 0 Å². The lowest BCUT2D eigenvalue weighted by Gasteiger charge is -2.10. The molecule has 0 rings (SSSR count). The third kappa shape index (κ3) is 13.8. The summed E-state index contributed by atoms with van der Waals surface area (Å²) >= 11 is 0. The van der Waals surface area contributed by atoms with Crippen molar-refractivity contribution in [2.45, 2.75) is 46.6 Å². The molecule has 0 aliphatic rings. The summed E-state index contributed by atoms with van der Waals surface area (Å²) in [5.41, 5.74) is 0. The molecule has 0 aromatic carbocycles. The van der Waals surface area contributed by atoms with Gasteiger partial charge in [-0.15, -0.1) is 0 Å². The minimum atomic E-state index is 0.102. The molecule has 0 aromatic rings. The molecule has 0 heterocycles. The van der Waals surface area contributed by atoms with Crippen molar-refractivity contribution in [3.63, 3.8) is 0 Å². The Labute approximate surface area is 123 Å². The molecule has 1 unspecified atom stereocenters. The van der Waals surface area contributed by atoms with Crippen LogP contribution >= 0.6 is 0 Å². The fraction of sp³-hybridized carbons (Fsp3) is 0.933. The Hall–Kier alpha value is -0.650. The van der Waals surface area contributed by atoms with Gasteiger partial charge in [0, 0.05) is 13.0 Å². The van der Waals surface area contributed by atoms with Crippen LogP contribution in [-0.4, -0.2) is 51.6 Å². The van der Waals surface area contributed by atoms with Gasteiger partial charge in [0.25, 0.3) is 0 Å². The summed E-state index contributed by atoms with van der Waals surface area (Å²) in [6.07, 6.45) is 1.87. The SMILES string of the molecule is CCC(C)CC(=O)NCCOCCOCCOC(C)C. The fourth-order valence-corrected chi connectivity index (χ4v) is 1.46. The van der Waals surface area contributed by atoms with Crippen molar-refractivity contribution in [3.05, 3.63) is 0 Å². The summed E-state index contributed by atoms with van der Waals surface area (Å²) < 4.78 is 16.0. The zero-order valence-electron chi connectivity index (χ0n) is 13.4. The molecular formula is C15H31NO4. The van der Waals surface area contributed by atoms with Gasteiger partial charge in [0.05, 0.1) is 39.1 Å². The van der Waals surface area contributed by atoms with E-state index in [4.69, 9.17) is 14.2 Å². The first-order valence-corrected chi connectivity index (χ1v) is 7.60. The zero-order valence-corrected chi connectivity index (χ0v) is 13.4. The topological polar surface area (TPSA) is 56.8 Å². The van der Waals surface area contributed by atoms with Crippen LogP contribution in [0.2, 0.25) is 0 Å². The summed E-state index contributed by atoms with van der Waals surface area (Å²) in [4.78, 5) is 11.5. The normalized spacial score (nSPS) is 12.7. The van der Waals surface area contributed by atoms with Crippen LogP contribution in [-0.2, 0) is 19.0 Å². The van der Waals surface area contributed by atoms with Crippen molar-refractivity contribution in [2.24, 2.45) is 5.92 Å². The van der Waals surface area contributed by atoms with Gasteiger partial charge in [-0.3, -0.25) is 4.79 Å². The fourth-order valence-electron chi connectivity index (χ4n) is 1.46. The molecule has 0 radical (unpaired) electrons. The molecule has 0 spiro atoms. The van der Waals surface area contributed by atoms with E-state index in [1.807, 2.05) is 13.8 Å². The summed E-state index contributed by atoms with van der Waals surface area (Å²) in [6.45, 7) is 11.6. The Bertz CT molecular complexity index is 234. The molecule has 120 valence electrons. The van der Waals surface area contributed by atoms with E-state index in [-0.39, 0.29) is 12.0 Å². The molecule has 5 nitrogen and oxygen atoms in total. The van der Waals surface area contributed by atoms with Crippen LogP contribution in [0.5, 0.6) is 0 Å². The maximum Gasteiger partial charge on any atom is 0.220 e. The molecule has 0 saturated carbocycles. The Morgan fingerprint density at radius 2 is 1.60 bits per heavy atom. The molecule has 0 saturated heterocycles. The Kier molecular flexibility index (Phi) is 12.9. The minimum Gasteiger partial charge on any atom is -0.377 e. The number of ether oxygens (including phenoxy) is 3. The lowest BCUT2D eigenvalue weighted by atomic mass is 10.1.